The number of esters is 1. The molecule has 5 nitrogen and oxygen atoms in total. The first-order valence-electron chi connectivity index (χ1n) is 8.18. The lowest BCUT2D eigenvalue weighted by Crippen LogP contribution is -2.30. The van der Waals surface area contributed by atoms with Crippen LogP contribution < -0.4 is 10.1 Å². The van der Waals surface area contributed by atoms with Crippen LogP contribution in [0.2, 0.25) is 0 Å². The second-order valence-corrected chi connectivity index (χ2v) is 7.09. The molecule has 0 unspecified atom stereocenters. The molecular weight excluding hydrogens is 338 g/mol. The van der Waals surface area contributed by atoms with Gasteiger partial charge in [-0.2, -0.15) is 0 Å². The number of thiophene rings is 1. The number of nitrogens with one attached hydrogen (secondary N) is 1. The molecule has 1 N–H and O–H groups in total. The molecule has 134 valence electrons. The molecule has 0 saturated carbocycles. The molecule has 2 aromatic rings. The summed E-state index contributed by atoms with van der Waals surface area (Å²) in [6.45, 7) is 6.33. The van der Waals surface area contributed by atoms with Gasteiger partial charge in [0.15, 0.2) is 6.61 Å². The SMILES string of the molecule is CC(C)COc1ccc(C(=O)OCC(=O)N[C@H](C)c2cccs2)cc1. The summed E-state index contributed by atoms with van der Waals surface area (Å²) < 4.78 is 10.6. The largest absolute Gasteiger partial charge is 0.493 e. The predicted octanol–water partition coefficient (Wildman–Crippen LogP) is 3.82. The van der Waals surface area contributed by atoms with E-state index in [1.165, 1.54) is 0 Å². The number of benzene rings is 1. The third-order valence-electron chi connectivity index (χ3n) is 3.36. The average molecular weight is 361 g/mol. The number of carbonyl (C=O) groups excluding carboxylic acids is 2. The molecule has 0 aliphatic rings. The molecule has 0 radical (unpaired) electrons. The van der Waals surface area contributed by atoms with E-state index in [4.69, 9.17) is 9.47 Å². The summed E-state index contributed by atoms with van der Waals surface area (Å²) in [5, 5.41) is 4.75. The second kappa shape index (κ2) is 9.22. The third kappa shape index (κ3) is 6.23. The van der Waals surface area contributed by atoms with E-state index in [0.29, 0.717) is 23.8 Å². The van der Waals surface area contributed by atoms with Gasteiger partial charge in [-0.25, -0.2) is 4.79 Å². The first-order valence-corrected chi connectivity index (χ1v) is 9.06. The van der Waals surface area contributed by atoms with E-state index in [1.54, 1.807) is 35.6 Å². The van der Waals surface area contributed by atoms with Crippen molar-refractivity contribution in [2.75, 3.05) is 13.2 Å². The lowest BCUT2D eigenvalue weighted by molar-refractivity contribution is -0.124. The van der Waals surface area contributed by atoms with Crippen LogP contribution in [-0.2, 0) is 9.53 Å². The van der Waals surface area contributed by atoms with E-state index in [-0.39, 0.29) is 18.6 Å². The van der Waals surface area contributed by atoms with Crippen molar-refractivity contribution in [3.05, 3.63) is 52.2 Å². The molecular formula is C19H23NO4S. The first-order chi connectivity index (χ1) is 12.0. The van der Waals surface area contributed by atoms with Crippen molar-refractivity contribution in [1.82, 2.24) is 5.32 Å². The Morgan fingerprint density at radius 1 is 1.12 bits per heavy atom. The van der Waals surface area contributed by atoms with Gasteiger partial charge < -0.3 is 14.8 Å². The maximum absolute atomic E-state index is 12.0. The standard InChI is InChI=1S/C19H23NO4S/c1-13(2)11-23-16-8-6-15(7-9-16)19(22)24-12-18(21)20-14(3)17-5-4-10-25-17/h4-10,13-14H,11-12H2,1-3H3,(H,20,21)/t14-/m1/s1. The highest BCUT2D eigenvalue weighted by Gasteiger charge is 2.13. The predicted molar refractivity (Wildman–Crippen MR) is 97.9 cm³/mol. The minimum absolute atomic E-state index is 0.108. The van der Waals surface area contributed by atoms with E-state index in [1.807, 2.05) is 24.4 Å². The van der Waals surface area contributed by atoms with Crippen LogP contribution in [0.3, 0.4) is 0 Å². The molecule has 0 aliphatic carbocycles. The fraction of sp³-hybridized carbons (Fsp3) is 0.368. The molecule has 25 heavy (non-hydrogen) atoms. The Hall–Kier alpha value is -2.34. The molecule has 1 heterocycles. The van der Waals surface area contributed by atoms with Crippen LogP contribution >= 0.6 is 11.3 Å². The van der Waals surface area contributed by atoms with Crippen LogP contribution in [0.15, 0.2) is 41.8 Å². The van der Waals surface area contributed by atoms with Gasteiger partial charge in [-0.1, -0.05) is 19.9 Å². The second-order valence-electron chi connectivity index (χ2n) is 6.11. The van der Waals surface area contributed by atoms with Crippen molar-refractivity contribution >= 4 is 23.2 Å². The van der Waals surface area contributed by atoms with Crippen molar-refractivity contribution in [1.29, 1.82) is 0 Å². The number of amides is 1. The fourth-order valence-electron chi connectivity index (χ4n) is 2.06. The summed E-state index contributed by atoms with van der Waals surface area (Å²) in [5.41, 5.74) is 0.385. The molecule has 6 heteroatoms. The zero-order chi connectivity index (χ0) is 18.2. The van der Waals surface area contributed by atoms with Gasteiger partial charge in [0.2, 0.25) is 0 Å². The molecule has 1 atom stereocenters. The molecule has 0 spiro atoms. The summed E-state index contributed by atoms with van der Waals surface area (Å²) in [6.07, 6.45) is 0. The highest BCUT2D eigenvalue weighted by Crippen LogP contribution is 2.18. The maximum atomic E-state index is 12.0. The maximum Gasteiger partial charge on any atom is 0.338 e. The van der Waals surface area contributed by atoms with Crippen molar-refractivity contribution in [3.8, 4) is 5.75 Å². The van der Waals surface area contributed by atoms with E-state index in [2.05, 4.69) is 19.2 Å². The van der Waals surface area contributed by atoms with Crippen LogP contribution in [0.1, 0.15) is 42.0 Å². The topological polar surface area (TPSA) is 64.6 Å². The fourth-order valence-corrected chi connectivity index (χ4v) is 2.79. The van der Waals surface area contributed by atoms with Crippen molar-refractivity contribution in [2.24, 2.45) is 5.92 Å². The van der Waals surface area contributed by atoms with Gasteiger partial charge in [0.1, 0.15) is 5.75 Å². The molecule has 1 aromatic heterocycles. The van der Waals surface area contributed by atoms with Crippen molar-refractivity contribution in [3.63, 3.8) is 0 Å². The molecule has 0 saturated heterocycles. The van der Waals surface area contributed by atoms with Crippen LogP contribution in [0.25, 0.3) is 0 Å². The Kier molecular flexibility index (Phi) is 7.01. The Morgan fingerprint density at radius 3 is 2.44 bits per heavy atom. The Balaban J connectivity index is 1.78. The lowest BCUT2D eigenvalue weighted by Gasteiger charge is -2.12. The van der Waals surface area contributed by atoms with Crippen molar-refractivity contribution < 1.29 is 19.1 Å². The highest BCUT2D eigenvalue weighted by molar-refractivity contribution is 7.10. The van der Waals surface area contributed by atoms with Crippen LogP contribution in [0, 0.1) is 5.92 Å². The van der Waals surface area contributed by atoms with E-state index in [0.717, 1.165) is 4.88 Å². The summed E-state index contributed by atoms with van der Waals surface area (Å²) in [7, 11) is 0. The van der Waals surface area contributed by atoms with E-state index < -0.39 is 5.97 Å². The molecule has 1 aromatic carbocycles. The smallest absolute Gasteiger partial charge is 0.338 e. The summed E-state index contributed by atoms with van der Waals surface area (Å²) in [4.78, 5) is 24.9. The molecule has 0 fully saturated rings. The summed E-state index contributed by atoms with van der Waals surface area (Å²) >= 11 is 1.57. The minimum atomic E-state index is -0.533. The monoisotopic (exact) mass is 361 g/mol. The quantitative estimate of drug-likeness (QED) is 0.726. The molecule has 2 rings (SSSR count). The number of rotatable bonds is 8. The van der Waals surface area contributed by atoms with Crippen LogP contribution in [0.5, 0.6) is 5.75 Å². The first kappa shape index (κ1) is 19.0. The van der Waals surface area contributed by atoms with E-state index >= 15 is 0 Å². The Bertz CT molecular complexity index is 680. The summed E-state index contributed by atoms with van der Waals surface area (Å²) in [6, 6.07) is 10.5. The van der Waals surface area contributed by atoms with Gasteiger partial charge >= 0.3 is 5.97 Å². The molecule has 0 aliphatic heterocycles. The Morgan fingerprint density at radius 2 is 1.84 bits per heavy atom. The van der Waals surface area contributed by atoms with Gasteiger partial charge in [0.25, 0.3) is 5.91 Å². The minimum Gasteiger partial charge on any atom is -0.493 e. The van der Waals surface area contributed by atoms with Gasteiger partial charge in [-0.3, -0.25) is 4.79 Å². The van der Waals surface area contributed by atoms with Gasteiger partial charge in [-0.05, 0) is 48.6 Å². The molecule has 1 amide bonds. The zero-order valence-corrected chi connectivity index (χ0v) is 15.5. The number of hydrogen-bond donors (Lipinski definition) is 1. The summed E-state index contributed by atoms with van der Waals surface area (Å²) in [5.74, 6) is 0.271. The Labute approximate surface area is 152 Å². The van der Waals surface area contributed by atoms with Crippen molar-refractivity contribution in [2.45, 2.75) is 26.8 Å². The zero-order valence-electron chi connectivity index (χ0n) is 14.7. The average Bonchev–Trinajstić information content (AvgIpc) is 3.13. The lowest BCUT2D eigenvalue weighted by atomic mass is 10.2. The van der Waals surface area contributed by atoms with E-state index in [9.17, 15) is 9.59 Å². The number of ether oxygens (including phenoxy) is 2. The van der Waals surface area contributed by atoms with Gasteiger partial charge in [-0.15, -0.1) is 11.3 Å². The van der Waals surface area contributed by atoms with Crippen LogP contribution in [0.4, 0.5) is 0 Å². The number of carbonyl (C=O) groups is 2. The normalized spacial score (nSPS) is 11.8. The number of hydrogen-bond acceptors (Lipinski definition) is 5. The molecule has 0 bridgehead atoms. The van der Waals surface area contributed by atoms with Crippen LogP contribution in [-0.4, -0.2) is 25.1 Å². The highest BCUT2D eigenvalue weighted by atomic mass is 32.1. The third-order valence-corrected chi connectivity index (χ3v) is 4.41. The van der Waals surface area contributed by atoms with Gasteiger partial charge in [0, 0.05) is 4.88 Å². The van der Waals surface area contributed by atoms with Gasteiger partial charge in [0.05, 0.1) is 18.2 Å².